The SMILES string of the molecule is Cc1ccc(-c2nc(C3CCN(C(C)C)CC3)no2)cc1. The van der Waals surface area contributed by atoms with Gasteiger partial charge in [0.25, 0.3) is 5.89 Å². The fourth-order valence-corrected chi connectivity index (χ4v) is 2.89. The molecule has 112 valence electrons. The summed E-state index contributed by atoms with van der Waals surface area (Å²) in [5, 5.41) is 4.20. The van der Waals surface area contributed by atoms with E-state index in [-0.39, 0.29) is 0 Å². The molecular weight excluding hydrogens is 262 g/mol. The van der Waals surface area contributed by atoms with E-state index < -0.39 is 0 Å². The molecule has 0 unspecified atom stereocenters. The van der Waals surface area contributed by atoms with Crippen LogP contribution in [0.15, 0.2) is 28.8 Å². The van der Waals surface area contributed by atoms with Crippen molar-refractivity contribution in [3.63, 3.8) is 0 Å². The quantitative estimate of drug-likeness (QED) is 0.863. The predicted octanol–water partition coefficient (Wildman–Crippen LogP) is 3.63. The molecule has 1 aliphatic heterocycles. The van der Waals surface area contributed by atoms with E-state index in [1.165, 1.54) is 5.56 Å². The second-order valence-electron chi connectivity index (χ2n) is 6.23. The van der Waals surface area contributed by atoms with E-state index in [0.29, 0.717) is 17.9 Å². The topological polar surface area (TPSA) is 42.2 Å². The first-order chi connectivity index (χ1) is 10.1. The molecule has 0 N–H and O–H groups in total. The van der Waals surface area contributed by atoms with Crippen LogP contribution in [-0.4, -0.2) is 34.2 Å². The molecule has 1 aromatic carbocycles. The lowest BCUT2D eigenvalue weighted by Crippen LogP contribution is -2.38. The maximum Gasteiger partial charge on any atom is 0.257 e. The lowest BCUT2D eigenvalue weighted by atomic mass is 9.95. The van der Waals surface area contributed by atoms with Gasteiger partial charge in [0, 0.05) is 17.5 Å². The molecule has 4 heteroatoms. The number of benzene rings is 1. The Morgan fingerprint density at radius 3 is 2.43 bits per heavy atom. The van der Waals surface area contributed by atoms with E-state index in [0.717, 1.165) is 37.3 Å². The van der Waals surface area contributed by atoms with E-state index in [4.69, 9.17) is 4.52 Å². The molecule has 1 aromatic heterocycles. The summed E-state index contributed by atoms with van der Waals surface area (Å²) in [5.41, 5.74) is 2.23. The highest BCUT2D eigenvalue weighted by Crippen LogP contribution is 2.28. The lowest BCUT2D eigenvalue weighted by molar-refractivity contribution is 0.168. The van der Waals surface area contributed by atoms with Crippen molar-refractivity contribution >= 4 is 0 Å². The number of nitrogens with zero attached hydrogens (tertiary/aromatic N) is 3. The first kappa shape index (κ1) is 14.3. The minimum Gasteiger partial charge on any atom is -0.334 e. The number of rotatable bonds is 3. The van der Waals surface area contributed by atoms with Gasteiger partial charge < -0.3 is 9.42 Å². The van der Waals surface area contributed by atoms with Gasteiger partial charge in [0.15, 0.2) is 5.82 Å². The van der Waals surface area contributed by atoms with E-state index in [2.05, 4.69) is 47.9 Å². The molecule has 21 heavy (non-hydrogen) atoms. The van der Waals surface area contributed by atoms with Crippen LogP contribution in [0.3, 0.4) is 0 Å². The highest BCUT2D eigenvalue weighted by atomic mass is 16.5. The van der Waals surface area contributed by atoms with Crippen LogP contribution in [0.25, 0.3) is 11.5 Å². The molecule has 2 aromatic rings. The van der Waals surface area contributed by atoms with Gasteiger partial charge >= 0.3 is 0 Å². The number of aryl methyl sites for hydroxylation is 1. The van der Waals surface area contributed by atoms with Crippen LogP contribution in [-0.2, 0) is 0 Å². The number of hydrogen-bond acceptors (Lipinski definition) is 4. The Morgan fingerprint density at radius 1 is 1.14 bits per heavy atom. The molecule has 1 aliphatic rings. The van der Waals surface area contributed by atoms with Crippen molar-refractivity contribution < 1.29 is 4.52 Å². The summed E-state index contributed by atoms with van der Waals surface area (Å²) in [7, 11) is 0. The minimum atomic E-state index is 0.433. The van der Waals surface area contributed by atoms with Crippen LogP contribution in [0.4, 0.5) is 0 Å². The van der Waals surface area contributed by atoms with Crippen LogP contribution in [0.2, 0.25) is 0 Å². The zero-order chi connectivity index (χ0) is 14.8. The molecule has 4 nitrogen and oxygen atoms in total. The molecule has 0 aliphatic carbocycles. The molecule has 0 bridgehead atoms. The van der Waals surface area contributed by atoms with Gasteiger partial charge in [-0.1, -0.05) is 22.9 Å². The average Bonchev–Trinajstić information content (AvgIpc) is 2.98. The van der Waals surface area contributed by atoms with Gasteiger partial charge in [-0.2, -0.15) is 4.98 Å². The Balaban J connectivity index is 1.70. The summed E-state index contributed by atoms with van der Waals surface area (Å²) in [6.07, 6.45) is 2.23. The first-order valence-electron chi connectivity index (χ1n) is 7.78. The molecule has 0 amide bonds. The van der Waals surface area contributed by atoms with Crippen LogP contribution in [0, 0.1) is 6.92 Å². The number of hydrogen-bond donors (Lipinski definition) is 0. The standard InChI is InChI=1S/C17H23N3O/c1-12(2)20-10-8-14(9-11-20)16-18-17(21-19-16)15-6-4-13(3)5-7-15/h4-7,12,14H,8-11H2,1-3H3. The molecule has 0 radical (unpaired) electrons. The highest BCUT2D eigenvalue weighted by molar-refractivity contribution is 5.53. The fraction of sp³-hybridized carbons (Fsp3) is 0.529. The third-order valence-corrected chi connectivity index (χ3v) is 4.37. The number of piperidine rings is 1. The maximum atomic E-state index is 5.44. The van der Waals surface area contributed by atoms with Crippen molar-refractivity contribution in [1.29, 1.82) is 0 Å². The van der Waals surface area contributed by atoms with Crippen molar-refractivity contribution in [3.05, 3.63) is 35.7 Å². The molecule has 1 fully saturated rings. The zero-order valence-electron chi connectivity index (χ0n) is 13.0. The summed E-state index contributed by atoms with van der Waals surface area (Å²) in [6, 6.07) is 8.84. The molecular formula is C17H23N3O. The van der Waals surface area contributed by atoms with Crippen molar-refractivity contribution in [3.8, 4) is 11.5 Å². The monoisotopic (exact) mass is 285 g/mol. The largest absolute Gasteiger partial charge is 0.334 e. The van der Waals surface area contributed by atoms with Gasteiger partial charge in [-0.25, -0.2) is 0 Å². The van der Waals surface area contributed by atoms with Gasteiger partial charge in [-0.05, 0) is 58.8 Å². The average molecular weight is 285 g/mol. The zero-order valence-corrected chi connectivity index (χ0v) is 13.0. The normalized spacial score (nSPS) is 17.5. The third kappa shape index (κ3) is 3.16. The minimum absolute atomic E-state index is 0.433. The summed E-state index contributed by atoms with van der Waals surface area (Å²) in [4.78, 5) is 7.12. The molecule has 3 rings (SSSR count). The maximum absolute atomic E-state index is 5.44. The molecule has 0 saturated carbocycles. The van der Waals surface area contributed by atoms with Gasteiger partial charge in [0.1, 0.15) is 0 Å². The summed E-state index contributed by atoms with van der Waals surface area (Å²) in [5.74, 6) is 1.94. The Kier molecular flexibility index (Phi) is 4.06. The van der Waals surface area contributed by atoms with E-state index in [1.807, 2.05) is 12.1 Å². The first-order valence-corrected chi connectivity index (χ1v) is 7.78. The van der Waals surface area contributed by atoms with Gasteiger partial charge in [0.2, 0.25) is 0 Å². The van der Waals surface area contributed by atoms with Crippen molar-refractivity contribution in [2.75, 3.05) is 13.1 Å². The van der Waals surface area contributed by atoms with Gasteiger partial charge in [-0.3, -0.25) is 0 Å². The van der Waals surface area contributed by atoms with Crippen molar-refractivity contribution in [1.82, 2.24) is 15.0 Å². The molecule has 2 heterocycles. The fourth-order valence-electron chi connectivity index (χ4n) is 2.89. The lowest BCUT2D eigenvalue weighted by Gasteiger charge is -2.33. The Hall–Kier alpha value is -1.68. The summed E-state index contributed by atoms with van der Waals surface area (Å²) < 4.78 is 5.44. The van der Waals surface area contributed by atoms with Crippen molar-refractivity contribution in [2.45, 2.75) is 45.6 Å². The number of likely N-dealkylation sites (tertiary alicyclic amines) is 1. The molecule has 1 saturated heterocycles. The summed E-state index contributed by atoms with van der Waals surface area (Å²) in [6.45, 7) is 8.83. The Labute approximate surface area is 126 Å². The van der Waals surface area contributed by atoms with Crippen LogP contribution in [0.1, 0.15) is 44.0 Å². The highest BCUT2D eigenvalue weighted by Gasteiger charge is 2.25. The van der Waals surface area contributed by atoms with Gasteiger partial charge in [-0.15, -0.1) is 0 Å². The Bertz CT molecular complexity index is 580. The predicted molar refractivity (Wildman–Crippen MR) is 83.2 cm³/mol. The third-order valence-electron chi connectivity index (χ3n) is 4.37. The summed E-state index contributed by atoms with van der Waals surface area (Å²) >= 11 is 0. The van der Waals surface area contributed by atoms with Crippen LogP contribution < -0.4 is 0 Å². The van der Waals surface area contributed by atoms with E-state index in [1.54, 1.807) is 0 Å². The van der Waals surface area contributed by atoms with Crippen LogP contribution in [0.5, 0.6) is 0 Å². The Morgan fingerprint density at radius 2 is 1.81 bits per heavy atom. The van der Waals surface area contributed by atoms with Gasteiger partial charge in [0.05, 0.1) is 0 Å². The molecule has 0 spiro atoms. The molecule has 0 atom stereocenters. The van der Waals surface area contributed by atoms with Crippen LogP contribution >= 0.6 is 0 Å². The smallest absolute Gasteiger partial charge is 0.257 e. The second kappa shape index (κ2) is 5.98. The van der Waals surface area contributed by atoms with E-state index in [9.17, 15) is 0 Å². The second-order valence-corrected chi connectivity index (χ2v) is 6.23. The number of aromatic nitrogens is 2. The van der Waals surface area contributed by atoms with E-state index >= 15 is 0 Å². The van der Waals surface area contributed by atoms with Crippen molar-refractivity contribution in [2.24, 2.45) is 0 Å².